The van der Waals surface area contributed by atoms with Crippen LogP contribution in [0.4, 0.5) is 15.8 Å². The van der Waals surface area contributed by atoms with Gasteiger partial charge in [-0.15, -0.1) is 0 Å². The summed E-state index contributed by atoms with van der Waals surface area (Å²) in [5, 5.41) is 14.2. The Morgan fingerprint density at radius 2 is 2.20 bits per heavy atom. The Bertz CT molecular complexity index is 523. The maximum Gasteiger partial charge on any atom is 0.295 e. The first-order chi connectivity index (χ1) is 9.63. The number of nitrogens with zero attached hydrogens (tertiary/aromatic N) is 2. The van der Waals surface area contributed by atoms with Crippen molar-refractivity contribution in [1.82, 2.24) is 4.90 Å². The van der Waals surface area contributed by atoms with Gasteiger partial charge in [0.05, 0.1) is 11.0 Å². The number of halogens is 1. The maximum atomic E-state index is 13.1. The number of hydrogen-bond acceptors (Lipinski definition) is 4. The topological polar surface area (TPSA) is 58.4 Å². The molecule has 0 spiro atoms. The van der Waals surface area contributed by atoms with Gasteiger partial charge in [0.25, 0.3) is 5.69 Å². The average molecular weight is 279 g/mol. The van der Waals surface area contributed by atoms with E-state index >= 15 is 0 Å². The van der Waals surface area contributed by atoms with Crippen LogP contribution in [0.15, 0.2) is 18.2 Å². The molecule has 5 nitrogen and oxygen atoms in total. The van der Waals surface area contributed by atoms with E-state index < -0.39 is 10.7 Å². The molecule has 0 amide bonds. The maximum absolute atomic E-state index is 13.1. The van der Waals surface area contributed by atoms with Crippen LogP contribution >= 0.6 is 0 Å². The average Bonchev–Trinajstić information content (AvgIpc) is 2.88. The molecule has 20 heavy (non-hydrogen) atoms. The van der Waals surface area contributed by atoms with Gasteiger partial charge in [-0.3, -0.25) is 10.1 Å². The van der Waals surface area contributed by atoms with Crippen LogP contribution in [-0.2, 0) is 0 Å². The van der Waals surface area contributed by atoms with Crippen molar-refractivity contribution < 1.29 is 9.31 Å². The number of piperidine rings is 1. The molecule has 2 aliphatic heterocycles. The molecular formula is C14H18FN3O2. The van der Waals surface area contributed by atoms with E-state index in [4.69, 9.17) is 0 Å². The van der Waals surface area contributed by atoms with Crippen molar-refractivity contribution in [3.05, 3.63) is 34.1 Å². The first-order valence-corrected chi connectivity index (χ1v) is 7.08. The van der Waals surface area contributed by atoms with Gasteiger partial charge in [-0.25, -0.2) is 4.39 Å². The summed E-state index contributed by atoms with van der Waals surface area (Å²) in [6.45, 7) is 2.21. The molecule has 0 bridgehead atoms. The van der Waals surface area contributed by atoms with Crippen molar-refractivity contribution in [3.63, 3.8) is 0 Å². The zero-order valence-electron chi connectivity index (χ0n) is 11.2. The van der Waals surface area contributed by atoms with Crippen molar-refractivity contribution in [2.75, 3.05) is 18.4 Å². The highest BCUT2D eigenvalue weighted by Crippen LogP contribution is 2.31. The first kappa shape index (κ1) is 13.3. The van der Waals surface area contributed by atoms with Crippen molar-refractivity contribution >= 4 is 11.4 Å². The zero-order chi connectivity index (χ0) is 14.1. The number of benzene rings is 1. The number of nitrogens with one attached hydrogen (secondary N) is 1. The highest BCUT2D eigenvalue weighted by molar-refractivity contribution is 5.61. The number of rotatable bonds is 3. The normalized spacial score (nSPS) is 26.2. The van der Waals surface area contributed by atoms with Gasteiger partial charge in [0.15, 0.2) is 0 Å². The fraction of sp³-hybridized carbons (Fsp3) is 0.571. The molecule has 6 heteroatoms. The number of nitro benzene ring substituents is 1. The number of nitro groups is 1. The minimum atomic E-state index is -0.576. The van der Waals surface area contributed by atoms with Crippen LogP contribution < -0.4 is 5.32 Å². The molecule has 0 aliphatic carbocycles. The van der Waals surface area contributed by atoms with Crippen LogP contribution in [0.1, 0.15) is 25.7 Å². The molecule has 2 fully saturated rings. The van der Waals surface area contributed by atoms with Crippen LogP contribution in [0, 0.1) is 15.9 Å². The fourth-order valence-corrected chi connectivity index (χ4v) is 3.35. The van der Waals surface area contributed by atoms with E-state index in [0.29, 0.717) is 11.7 Å². The van der Waals surface area contributed by atoms with E-state index in [-0.39, 0.29) is 11.7 Å². The molecule has 2 saturated heterocycles. The molecule has 0 radical (unpaired) electrons. The second kappa shape index (κ2) is 5.36. The van der Waals surface area contributed by atoms with Crippen molar-refractivity contribution in [3.8, 4) is 0 Å². The smallest absolute Gasteiger partial charge is 0.295 e. The number of anilines is 1. The summed E-state index contributed by atoms with van der Waals surface area (Å²) in [7, 11) is 0. The lowest BCUT2D eigenvalue weighted by molar-refractivity contribution is -0.384. The van der Waals surface area contributed by atoms with E-state index in [2.05, 4.69) is 10.2 Å². The summed E-state index contributed by atoms with van der Waals surface area (Å²) in [6.07, 6.45) is 4.44. The van der Waals surface area contributed by atoms with Crippen molar-refractivity contribution in [1.29, 1.82) is 0 Å². The Hall–Kier alpha value is -1.69. The van der Waals surface area contributed by atoms with Crippen LogP contribution in [0.5, 0.6) is 0 Å². The molecule has 108 valence electrons. The predicted molar refractivity (Wildman–Crippen MR) is 74.3 cm³/mol. The standard InChI is InChI=1S/C14H18FN3O2/c15-10-3-4-13(14(8-10)18(19)20)16-11-5-7-17-6-1-2-12(17)9-11/h3-4,8,11-12,16H,1-2,5-7,9H2. The van der Waals surface area contributed by atoms with Gasteiger partial charge in [0, 0.05) is 18.6 Å². The van der Waals surface area contributed by atoms with Gasteiger partial charge < -0.3 is 10.2 Å². The third-order valence-corrected chi connectivity index (χ3v) is 4.34. The van der Waals surface area contributed by atoms with Gasteiger partial charge in [-0.1, -0.05) is 0 Å². The van der Waals surface area contributed by atoms with Crippen LogP contribution in [0.2, 0.25) is 0 Å². The molecule has 1 N–H and O–H groups in total. The lowest BCUT2D eigenvalue weighted by Crippen LogP contribution is -2.42. The first-order valence-electron chi connectivity index (χ1n) is 7.08. The molecular weight excluding hydrogens is 261 g/mol. The van der Waals surface area contributed by atoms with Crippen molar-refractivity contribution in [2.45, 2.75) is 37.8 Å². The summed E-state index contributed by atoms with van der Waals surface area (Å²) in [6, 6.07) is 4.54. The summed E-state index contributed by atoms with van der Waals surface area (Å²) < 4.78 is 13.1. The predicted octanol–water partition coefficient (Wildman–Crippen LogP) is 2.77. The minimum Gasteiger partial charge on any atom is -0.377 e. The quantitative estimate of drug-likeness (QED) is 0.682. The monoisotopic (exact) mass is 279 g/mol. The third kappa shape index (κ3) is 2.60. The molecule has 3 rings (SSSR count). The Kier molecular flexibility index (Phi) is 3.56. The Balaban J connectivity index is 1.73. The van der Waals surface area contributed by atoms with Crippen LogP contribution in [-0.4, -0.2) is 35.0 Å². The number of hydrogen-bond donors (Lipinski definition) is 1. The van der Waals surface area contributed by atoms with E-state index in [1.54, 1.807) is 0 Å². The lowest BCUT2D eigenvalue weighted by atomic mass is 9.97. The molecule has 0 aromatic heterocycles. The molecule has 2 unspecified atom stereocenters. The SMILES string of the molecule is O=[N+]([O-])c1cc(F)ccc1NC1CCN2CCCC2C1. The molecule has 2 aliphatic rings. The Labute approximate surface area is 116 Å². The van der Waals surface area contributed by atoms with Crippen LogP contribution in [0.25, 0.3) is 0 Å². The Morgan fingerprint density at radius 1 is 1.35 bits per heavy atom. The lowest BCUT2D eigenvalue weighted by Gasteiger charge is -2.35. The van der Waals surface area contributed by atoms with Crippen molar-refractivity contribution in [2.24, 2.45) is 0 Å². The van der Waals surface area contributed by atoms with Gasteiger partial charge in [0.1, 0.15) is 11.5 Å². The van der Waals surface area contributed by atoms with E-state index in [1.165, 1.54) is 31.5 Å². The van der Waals surface area contributed by atoms with Gasteiger partial charge in [-0.05, 0) is 44.4 Å². The summed E-state index contributed by atoms with van der Waals surface area (Å²) in [4.78, 5) is 13.0. The van der Waals surface area contributed by atoms with E-state index in [0.717, 1.165) is 25.5 Å². The highest BCUT2D eigenvalue weighted by Gasteiger charge is 2.32. The highest BCUT2D eigenvalue weighted by atomic mass is 19.1. The summed E-state index contributed by atoms with van der Waals surface area (Å²) >= 11 is 0. The second-order valence-corrected chi connectivity index (χ2v) is 5.62. The second-order valence-electron chi connectivity index (χ2n) is 5.62. The van der Waals surface area contributed by atoms with Crippen LogP contribution in [0.3, 0.4) is 0 Å². The Morgan fingerprint density at radius 3 is 3.00 bits per heavy atom. The van der Waals surface area contributed by atoms with E-state index in [9.17, 15) is 14.5 Å². The molecule has 1 aromatic rings. The number of fused-ring (bicyclic) bond motifs is 1. The summed E-state index contributed by atoms with van der Waals surface area (Å²) in [5.74, 6) is -0.576. The molecule has 2 atom stereocenters. The molecule has 1 aromatic carbocycles. The fourth-order valence-electron chi connectivity index (χ4n) is 3.35. The third-order valence-electron chi connectivity index (χ3n) is 4.34. The summed E-state index contributed by atoms with van der Waals surface area (Å²) in [5.41, 5.74) is 0.242. The zero-order valence-corrected chi connectivity index (χ0v) is 11.2. The van der Waals surface area contributed by atoms with Gasteiger partial charge in [-0.2, -0.15) is 0 Å². The van der Waals surface area contributed by atoms with E-state index in [1.807, 2.05) is 0 Å². The van der Waals surface area contributed by atoms with Gasteiger partial charge in [0.2, 0.25) is 0 Å². The molecule has 0 saturated carbocycles. The minimum absolute atomic E-state index is 0.182. The molecule has 2 heterocycles. The largest absolute Gasteiger partial charge is 0.377 e. The van der Waals surface area contributed by atoms with Gasteiger partial charge >= 0.3 is 0 Å².